The summed E-state index contributed by atoms with van der Waals surface area (Å²) in [6.45, 7) is 0. The maximum atomic E-state index is 12.5. The highest BCUT2D eigenvalue weighted by Crippen LogP contribution is 2.33. The Morgan fingerprint density at radius 3 is 2.65 bits per heavy atom. The molecule has 4 nitrogen and oxygen atoms in total. The third-order valence-corrected chi connectivity index (χ3v) is 6.16. The lowest BCUT2D eigenvalue weighted by atomic mass is 9.93. The zero-order valence-electron chi connectivity index (χ0n) is 12.1. The third kappa shape index (κ3) is 2.56. The van der Waals surface area contributed by atoms with E-state index < -0.39 is 10.8 Å². The molecule has 23 heavy (non-hydrogen) atoms. The van der Waals surface area contributed by atoms with Crippen LogP contribution in [0.1, 0.15) is 12.0 Å². The van der Waals surface area contributed by atoms with Crippen LogP contribution in [-0.4, -0.2) is 21.6 Å². The van der Waals surface area contributed by atoms with Crippen LogP contribution in [0.3, 0.4) is 0 Å². The first-order chi connectivity index (χ1) is 11.1. The topological polar surface area (TPSA) is 49.7 Å². The highest BCUT2D eigenvalue weighted by molar-refractivity contribution is 9.10. The van der Waals surface area contributed by atoms with Gasteiger partial charge in [0.25, 0.3) is 0 Å². The summed E-state index contributed by atoms with van der Waals surface area (Å²) in [4.78, 5) is 13.3. The summed E-state index contributed by atoms with van der Waals surface area (Å²) in [7, 11) is -1.07. The molecule has 2 heterocycles. The molecule has 116 valence electrons. The summed E-state index contributed by atoms with van der Waals surface area (Å²) < 4.78 is 13.3. The predicted molar refractivity (Wildman–Crippen MR) is 94.0 cm³/mol. The highest BCUT2D eigenvalue weighted by atomic mass is 79.9. The van der Waals surface area contributed by atoms with Gasteiger partial charge in [0.05, 0.1) is 22.2 Å². The van der Waals surface area contributed by atoms with Crippen molar-refractivity contribution >= 4 is 44.0 Å². The van der Waals surface area contributed by atoms with Crippen molar-refractivity contribution in [2.24, 2.45) is 11.0 Å². The van der Waals surface area contributed by atoms with Gasteiger partial charge in [0.15, 0.2) is 0 Å². The van der Waals surface area contributed by atoms with Crippen LogP contribution in [0.4, 0.5) is 5.69 Å². The number of anilines is 1. The smallest absolute Gasteiger partial charge is 0.248 e. The minimum absolute atomic E-state index is 0.0579. The fourth-order valence-corrected chi connectivity index (χ4v) is 4.72. The lowest BCUT2D eigenvalue weighted by molar-refractivity contribution is -0.119. The van der Waals surface area contributed by atoms with Gasteiger partial charge >= 0.3 is 0 Å². The van der Waals surface area contributed by atoms with Crippen LogP contribution in [-0.2, 0) is 15.6 Å². The number of amides is 1. The van der Waals surface area contributed by atoms with Crippen molar-refractivity contribution in [3.05, 3.63) is 58.6 Å². The van der Waals surface area contributed by atoms with Gasteiger partial charge in [0, 0.05) is 33.0 Å². The van der Waals surface area contributed by atoms with Crippen LogP contribution < -0.4 is 5.01 Å². The molecule has 2 unspecified atom stereocenters. The van der Waals surface area contributed by atoms with E-state index in [1.165, 1.54) is 5.01 Å². The molecule has 2 aliphatic heterocycles. The van der Waals surface area contributed by atoms with E-state index in [1.54, 1.807) is 0 Å². The minimum Gasteiger partial charge on any atom is -0.273 e. The Bertz CT molecular complexity index is 848. The molecule has 0 spiro atoms. The predicted octanol–water partition coefficient (Wildman–Crippen LogP) is 3.33. The molecular weight excluding hydrogens is 376 g/mol. The molecule has 0 saturated carbocycles. The maximum absolute atomic E-state index is 12.5. The number of hydrogen-bond acceptors (Lipinski definition) is 3. The molecule has 4 rings (SSSR count). The van der Waals surface area contributed by atoms with Gasteiger partial charge in [-0.1, -0.05) is 34.1 Å². The average molecular weight is 389 g/mol. The molecule has 2 atom stereocenters. The first kappa shape index (κ1) is 14.8. The third-order valence-electron chi connectivity index (χ3n) is 4.08. The number of nitrogens with zero attached hydrogens (tertiary/aromatic N) is 2. The Morgan fingerprint density at radius 2 is 1.87 bits per heavy atom. The lowest BCUT2D eigenvalue weighted by Gasteiger charge is -2.32. The van der Waals surface area contributed by atoms with Crippen molar-refractivity contribution in [1.29, 1.82) is 0 Å². The summed E-state index contributed by atoms with van der Waals surface area (Å²) >= 11 is 3.39. The molecule has 6 heteroatoms. The van der Waals surface area contributed by atoms with E-state index in [0.29, 0.717) is 12.2 Å². The number of hydrogen-bond donors (Lipinski definition) is 0. The molecule has 1 amide bonds. The monoisotopic (exact) mass is 388 g/mol. The SMILES string of the molecule is O=C1CC2CS(=O)c3ccccc3C2=NN1c1ccc(Br)cc1. The molecule has 0 radical (unpaired) electrons. The zero-order chi connectivity index (χ0) is 16.0. The van der Waals surface area contributed by atoms with Crippen LogP contribution in [0.15, 0.2) is 63.0 Å². The molecule has 2 aromatic carbocycles. The van der Waals surface area contributed by atoms with Gasteiger partial charge in [-0.15, -0.1) is 0 Å². The second kappa shape index (κ2) is 5.69. The standard InChI is InChI=1S/C17H13BrN2O2S/c18-12-5-7-13(8-6-12)20-16(21)9-11-10-23(22)15-4-2-1-3-14(15)17(11)19-20/h1-8,11H,9-10H2. The fraction of sp³-hybridized carbons (Fsp3) is 0.176. The molecule has 2 aromatic rings. The second-order valence-electron chi connectivity index (χ2n) is 5.58. The fourth-order valence-electron chi connectivity index (χ4n) is 2.98. The Balaban J connectivity index is 1.83. The van der Waals surface area contributed by atoms with Crippen LogP contribution >= 0.6 is 15.9 Å². The summed E-state index contributed by atoms with van der Waals surface area (Å²) in [6, 6.07) is 15.1. The zero-order valence-corrected chi connectivity index (χ0v) is 14.5. The number of fused-ring (bicyclic) bond motifs is 3. The number of hydrazone groups is 1. The summed E-state index contributed by atoms with van der Waals surface area (Å²) in [6.07, 6.45) is 0.342. The number of halogens is 1. The largest absolute Gasteiger partial charge is 0.273 e. The van der Waals surface area contributed by atoms with Gasteiger partial charge in [-0.05, 0) is 30.3 Å². The van der Waals surface area contributed by atoms with Gasteiger partial charge < -0.3 is 0 Å². The molecule has 0 fully saturated rings. The Labute approximate surface area is 144 Å². The normalized spacial score (nSPS) is 23.1. The van der Waals surface area contributed by atoms with E-state index in [9.17, 15) is 9.00 Å². The Morgan fingerprint density at radius 1 is 1.13 bits per heavy atom. The first-order valence-electron chi connectivity index (χ1n) is 7.28. The lowest BCUT2D eigenvalue weighted by Crippen LogP contribution is -2.41. The van der Waals surface area contributed by atoms with Crippen molar-refractivity contribution < 1.29 is 9.00 Å². The molecule has 0 bridgehead atoms. The van der Waals surface area contributed by atoms with Crippen molar-refractivity contribution in [3.63, 3.8) is 0 Å². The van der Waals surface area contributed by atoms with Gasteiger partial charge in [-0.25, -0.2) is 5.01 Å². The molecule has 0 aliphatic carbocycles. The van der Waals surface area contributed by atoms with Crippen molar-refractivity contribution in [1.82, 2.24) is 0 Å². The van der Waals surface area contributed by atoms with E-state index in [0.717, 1.165) is 26.3 Å². The van der Waals surface area contributed by atoms with Gasteiger partial charge in [0.1, 0.15) is 0 Å². The van der Waals surface area contributed by atoms with E-state index in [4.69, 9.17) is 0 Å². The van der Waals surface area contributed by atoms with E-state index in [1.807, 2.05) is 48.5 Å². The van der Waals surface area contributed by atoms with E-state index >= 15 is 0 Å². The van der Waals surface area contributed by atoms with Gasteiger partial charge in [-0.2, -0.15) is 5.10 Å². The number of carbonyl (C=O) groups is 1. The maximum Gasteiger partial charge on any atom is 0.248 e. The average Bonchev–Trinajstić information content (AvgIpc) is 2.56. The number of carbonyl (C=O) groups excluding carboxylic acids is 1. The van der Waals surface area contributed by atoms with Gasteiger partial charge in [0.2, 0.25) is 5.91 Å². The Kier molecular flexibility index (Phi) is 3.66. The Hall–Kier alpha value is -1.79. The van der Waals surface area contributed by atoms with Crippen LogP contribution in [0.25, 0.3) is 0 Å². The highest BCUT2D eigenvalue weighted by Gasteiger charge is 2.37. The van der Waals surface area contributed by atoms with Crippen molar-refractivity contribution in [2.75, 3.05) is 10.8 Å². The summed E-state index contributed by atoms with van der Waals surface area (Å²) in [5, 5.41) is 6.07. The van der Waals surface area contributed by atoms with Crippen molar-refractivity contribution in [3.8, 4) is 0 Å². The molecule has 2 aliphatic rings. The number of rotatable bonds is 1. The van der Waals surface area contributed by atoms with E-state index in [2.05, 4.69) is 21.0 Å². The molecule has 0 N–H and O–H groups in total. The minimum atomic E-state index is -1.07. The van der Waals surface area contributed by atoms with E-state index in [-0.39, 0.29) is 11.8 Å². The molecular formula is C17H13BrN2O2S. The van der Waals surface area contributed by atoms with Crippen LogP contribution in [0, 0.1) is 5.92 Å². The van der Waals surface area contributed by atoms with Gasteiger partial charge in [-0.3, -0.25) is 9.00 Å². The second-order valence-corrected chi connectivity index (χ2v) is 7.96. The molecule has 0 aromatic heterocycles. The summed E-state index contributed by atoms with van der Waals surface area (Å²) in [5.74, 6) is 0.345. The molecule has 0 saturated heterocycles. The number of benzene rings is 2. The first-order valence-corrected chi connectivity index (χ1v) is 9.39. The van der Waals surface area contributed by atoms with Crippen LogP contribution in [0.2, 0.25) is 0 Å². The van der Waals surface area contributed by atoms with Crippen LogP contribution in [0.5, 0.6) is 0 Å². The van der Waals surface area contributed by atoms with Crippen molar-refractivity contribution in [2.45, 2.75) is 11.3 Å². The quantitative estimate of drug-likeness (QED) is 0.751. The summed E-state index contributed by atoms with van der Waals surface area (Å²) in [5.41, 5.74) is 2.51.